The first-order valence-corrected chi connectivity index (χ1v) is 21.5. The number of rotatable bonds is 14. The van der Waals surface area contributed by atoms with Gasteiger partial charge in [0.1, 0.15) is 0 Å². The zero-order valence-electron chi connectivity index (χ0n) is 28.6. The third-order valence-corrected chi connectivity index (χ3v) is 18.7. The van der Waals surface area contributed by atoms with Crippen molar-refractivity contribution in [2.75, 3.05) is 13.2 Å². The molecule has 6 atom stereocenters. The van der Waals surface area contributed by atoms with Gasteiger partial charge in [0, 0.05) is 0 Å². The summed E-state index contributed by atoms with van der Waals surface area (Å²) in [6.45, 7) is 21.4. The minimum absolute atomic E-state index is 0.139. The Labute approximate surface area is 276 Å². The molecule has 0 aliphatic carbocycles. The number of carbonyl (C=O) groups is 1. The third-order valence-electron chi connectivity index (χ3n) is 9.07. The quantitative estimate of drug-likeness (QED) is 0.133. The zero-order chi connectivity index (χ0) is 33.5. The standard InChI is InChI=1S/C33H53B2O7PSi2/c1-10-11-22-38-26(23-39-45(33(5,6)7,24-18-14-12-15-19-24)25-20-16-13-17-21-25)28-29(41-34-35-43)27(36)30(31(37)40-28)42-44(8,9)32(2,3)4/h12-21,26-30,36H,10-11,22-23,43H2,1-9H3/t26-,27?,28?,29-,30+/m0/s1. The van der Waals surface area contributed by atoms with E-state index in [1.807, 2.05) is 49.5 Å². The molecule has 0 saturated carbocycles. The molecule has 0 amide bonds. The second-order valence-corrected chi connectivity index (χ2v) is 23.8. The van der Waals surface area contributed by atoms with Crippen LogP contribution in [0.4, 0.5) is 0 Å². The maximum absolute atomic E-state index is 13.6. The van der Waals surface area contributed by atoms with Crippen molar-refractivity contribution in [3.8, 4) is 0 Å². The molecule has 246 valence electrons. The molecule has 12 heteroatoms. The van der Waals surface area contributed by atoms with Crippen LogP contribution in [0.1, 0.15) is 61.3 Å². The number of aliphatic hydroxyl groups is 1. The first-order valence-electron chi connectivity index (χ1n) is 16.1. The molecule has 1 aliphatic heterocycles. The molecule has 2 aromatic carbocycles. The van der Waals surface area contributed by atoms with E-state index in [-0.39, 0.29) is 16.7 Å². The van der Waals surface area contributed by atoms with Crippen molar-refractivity contribution in [2.45, 2.75) is 115 Å². The summed E-state index contributed by atoms with van der Waals surface area (Å²) in [5.41, 5.74) is 0. The predicted molar refractivity (Wildman–Crippen MR) is 192 cm³/mol. The van der Waals surface area contributed by atoms with E-state index in [9.17, 15) is 9.90 Å². The van der Waals surface area contributed by atoms with Gasteiger partial charge in [0.25, 0.3) is 0 Å². The van der Waals surface area contributed by atoms with Crippen LogP contribution in [0.5, 0.6) is 0 Å². The van der Waals surface area contributed by atoms with E-state index in [0.29, 0.717) is 6.61 Å². The van der Waals surface area contributed by atoms with E-state index in [1.165, 1.54) is 7.00 Å². The van der Waals surface area contributed by atoms with Gasteiger partial charge < -0.3 is 0 Å². The Balaban J connectivity index is 2.05. The summed E-state index contributed by atoms with van der Waals surface area (Å²) < 4.78 is 32.3. The molecule has 1 aliphatic rings. The number of ether oxygens (including phenoxy) is 2. The van der Waals surface area contributed by atoms with Crippen LogP contribution >= 0.6 is 9.12 Å². The van der Waals surface area contributed by atoms with E-state index in [4.69, 9.17) is 23.0 Å². The fourth-order valence-corrected chi connectivity index (χ4v) is 11.4. The molecule has 3 unspecified atom stereocenters. The van der Waals surface area contributed by atoms with Crippen LogP contribution in [-0.4, -0.2) is 85.0 Å². The molecule has 0 bridgehead atoms. The summed E-state index contributed by atoms with van der Waals surface area (Å²) in [5, 5.41) is 13.5. The monoisotopic (exact) mass is 670 g/mol. The van der Waals surface area contributed by atoms with Gasteiger partial charge in [-0.1, -0.05) is 0 Å². The second kappa shape index (κ2) is 16.1. The molecule has 7 nitrogen and oxygen atoms in total. The second-order valence-electron chi connectivity index (χ2n) is 14.4. The van der Waals surface area contributed by atoms with Crippen LogP contribution in [0.15, 0.2) is 60.7 Å². The van der Waals surface area contributed by atoms with Gasteiger partial charge in [-0.15, -0.1) is 0 Å². The number of unbranched alkanes of at least 4 members (excludes halogenated alkanes) is 1. The summed E-state index contributed by atoms with van der Waals surface area (Å²) in [4.78, 5) is 13.6. The van der Waals surface area contributed by atoms with E-state index in [1.54, 1.807) is 6.52 Å². The Kier molecular flexibility index (Phi) is 13.6. The summed E-state index contributed by atoms with van der Waals surface area (Å²) in [5.74, 6) is -0.610. The number of cyclic esters (lactones) is 1. The Hall–Kier alpha value is -1.46. The first-order chi connectivity index (χ1) is 21.1. The predicted octanol–water partition coefficient (Wildman–Crippen LogP) is 4.84. The summed E-state index contributed by atoms with van der Waals surface area (Å²) in [6, 6.07) is 20.8. The van der Waals surface area contributed by atoms with Gasteiger partial charge in [0.15, 0.2) is 0 Å². The van der Waals surface area contributed by atoms with E-state index < -0.39 is 53.1 Å². The van der Waals surface area contributed by atoms with E-state index in [2.05, 4.69) is 81.8 Å². The van der Waals surface area contributed by atoms with Crippen LogP contribution in [0.25, 0.3) is 0 Å². The van der Waals surface area contributed by atoms with Crippen LogP contribution < -0.4 is 10.4 Å². The van der Waals surface area contributed by atoms with Gasteiger partial charge in [-0.2, -0.15) is 0 Å². The van der Waals surface area contributed by atoms with Gasteiger partial charge in [-0.3, -0.25) is 0 Å². The number of benzene rings is 2. The molecule has 3 rings (SSSR count). The fraction of sp³-hybridized carbons (Fsp3) is 0.606. The van der Waals surface area contributed by atoms with Crippen molar-refractivity contribution in [3.05, 3.63) is 60.7 Å². The number of aliphatic hydroxyl groups excluding tert-OH is 1. The number of hydrogen-bond donors (Lipinski definition) is 1. The molecule has 1 heterocycles. The Morgan fingerprint density at radius 3 is 1.98 bits per heavy atom. The molecule has 45 heavy (non-hydrogen) atoms. The van der Waals surface area contributed by atoms with Crippen molar-refractivity contribution in [1.82, 2.24) is 0 Å². The Morgan fingerprint density at radius 1 is 0.956 bits per heavy atom. The molecule has 0 aromatic heterocycles. The van der Waals surface area contributed by atoms with Crippen LogP contribution in [0.2, 0.25) is 23.2 Å². The molecule has 1 fully saturated rings. The molecule has 0 spiro atoms. The first kappa shape index (κ1) is 38.0. The fourth-order valence-electron chi connectivity index (χ4n) is 5.55. The number of hydrogen-bond acceptors (Lipinski definition) is 7. The normalized spacial score (nSPS) is 22.0. The molecule has 1 saturated heterocycles. The van der Waals surface area contributed by atoms with Crippen LogP contribution in [0.3, 0.4) is 0 Å². The third kappa shape index (κ3) is 8.92. The average Bonchev–Trinajstić information content (AvgIpc) is 2.98. The van der Waals surface area contributed by atoms with Crippen molar-refractivity contribution < 1.29 is 32.9 Å². The van der Waals surface area contributed by atoms with E-state index >= 15 is 0 Å². The average molecular weight is 671 g/mol. The summed E-state index contributed by atoms with van der Waals surface area (Å²) in [6.07, 6.45) is -3.23. The van der Waals surface area contributed by atoms with Crippen molar-refractivity contribution in [3.63, 3.8) is 0 Å². The van der Waals surface area contributed by atoms with Gasteiger partial charge >= 0.3 is 277 Å². The van der Waals surface area contributed by atoms with Crippen molar-refractivity contribution >= 4 is 55.6 Å². The summed E-state index contributed by atoms with van der Waals surface area (Å²) in [7, 11) is -1.41. The summed E-state index contributed by atoms with van der Waals surface area (Å²) >= 11 is 0. The number of carbonyl (C=O) groups excluding carboxylic acids is 1. The van der Waals surface area contributed by atoms with Crippen molar-refractivity contribution in [2.24, 2.45) is 0 Å². The Bertz CT molecular complexity index is 1200. The van der Waals surface area contributed by atoms with Crippen molar-refractivity contribution in [1.29, 1.82) is 0 Å². The van der Waals surface area contributed by atoms with Gasteiger partial charge in [-0.05, 0) is 0 Å². The van der Waals surface area contributed by atoms with E-state index in [0.717, 1.165) is 23.2 Å². The molecular formula is C33H53B2O7PSi2. The van der Waals surface area contributed by atoms with Crippen LogP contribution in [0, 0.1) is 0 Å². The molecular weight excluding hydrogens is 617 g/mol. The zero-order valence-corrected chi connectivity index (χ0v) is 31.8. The van der Waals surface area contributed by atoms with Gasteiger partial charge in [-0.25, -0.2) is 0 Å². The van der Waals surface area contributed by atoms with Gasteiger partial charge in [0.2, 0.25) is 0 Å². The topological polar surface area (TPSA) is 83.5 Å². The molecule has 1 N–H and O–H groups in total. The molecule has 0 radical (unpaired) electrons. The maximum atomic E-state index is 13.6. The number of esters is 1. The molecule has 2 aromatic rings. The van der Waals surface area contributed by atoms with Gasteiger partial charge in [0.05, 0.1) is 0 Å². The van der Waals surface area contributed by atoms with Crippen LogP contribution in [-0.2, 0) is 27.8 Å². The Morgan fingerprint density at radius 2 is 1.51 bits per heavy atom. The SMILES string of the molecule is CCCCO[C@@H](CO[Si](c1ccccc1)(c1ccccc1)C(C)(C)C)C1OC(=O)[C@H](O[Si](C)(C)C(C)(C)C)C(O)[C@@H]1OB=BP. The minimum atomic E-state index is -2.93.